The van der Waals surface area contributed by atoms with Gasteiger partial charge < -0.3 is 5.11 Å². The summed E-state index contributed by atoms with van der Waals surface area (Å²) in [6, 6.07) is 11.6. The van der Waals surface area contributed by atoms with Gasteiger partial charge in [-0.1, -0.05) is 11.6 Å². The number of benzene rings is 2. The standard InChI is InChI=1S/C22H22N2O/c1-13-6-8-19-18(10-13)17-7-9-20(25)16(4)22(17)24(19)21-11-14(2)15(3)12-23(21)5/h6-12H,1-5H3/p+1/i2D3. The highest BCUT2D eigenvalue weighted by molar-refractivity contribution is 6.10. The SMILES string of the molecule is [2H]C([2H])([2H])c1cc(-n2c3ccc(C)cc3c3ccc(O)c(C)c32)[n+](C)cc1C. The van der Waals surface area contributed by atoms with Crippen molar-refractivity contribution in [3.8, 4) is 11.6 Å². The number of hydrogen-bond acceptors (Lipinski definition) is 1. The lowest BCUT2D eigenvalue weighted by Gasteiger charge is -2.08. The van der Waals surface area contributed by atoms with Crippen molar-refractivity contribution in [1.29, 1.82) is 0 Å². The van der Waals surface area contributed by atoms with E-state index in [-0.39, 0.29) is 5.75 Å². The molecule has 0 aliphatic carbocycles. The zero-order chi connectivity index (χ0) is 20.4. The number of aromatic hydroxyl groups is 1. The van der Waals surface area contributed by atoms with Crippen LogP contribution in [-0.4, -0.2) is 9.67 Å². The van der Waals surface area contributed by atoms with Crippen molar-refractivity contribution in [1.82, 2.24) is 4.57 Å². The normalized spacial score (nSPS) is 13.8. The minimum atomic E-state index is -2.19. The van der Waals surface area contributed by atoms with E-state index >= 15 is 0 Å². The van der Waals surface area contributed by atoms with Gasteiger partial charge in [0.15, 0.2) is 0 Å². The molecule has 2 aromatic carbocycles. The van der Waals surface area contributed by atoms with Crippen LogP contribution >= 0.6 is 0 Å². The van der Waals surface area contributed by atoms with E-state index in [1.165, 1.54) is 0 Å². The Morgan fingerprint density at radius 1 is 1.00 bits per heavy atom. The maximum atomic E-state index is 10.4. The van der Waals surface area contributed by atoms with Gasteiger partial charge in [-0.15, -0.1) is 0 Å². The van der Waals surface area contributed by atoms with E-state index in [4.69, 9.17) is 4.11 Å². The van der Waals surface area contributed by atoms with Gasteiger partial charge in [0.1, 0.15) is 16.8 Å². The minimum absolute atomic E-state index is 0.221. The van der Waals surface area contributed by atoms with Crippen LogP contribution < -0.4 is 4.57 Å². The van der Waals surface area contributed by atoms with Gasteiger partial charge in [0, 0.05) is 26.5 Å². The third kappa shape index (κ3) is 2.23. The molecule has 4 rings (SSSR count). The molecular weight excluding hydrogens is 308 g/mol. The summed E-state index contributed by atoms with van der Waals surface area (Å²) in [5, 5.41) is 12.5. The molecule has 0 saturated carbocycles. The van der Waals surface area contributed by atoms with E-state index in [0.29, 0.717) is 5.56 Å². The summed E-state index contributed by atoms with van der Waals surface area (Å²) in [7, 11) is 1.91. The number of fused-ring (bicyclic) bond motifs is 3. The molecule has 0 saturated heterocycles. The Bertz CT molecular complexity index is 1250. The third-order valence-electron chi connectivity index (χ3n) is 4.99. The highest BCUT2D eigenvalue weighted by Gasteiger charge is 2.24. The molecule has 0 aliphatic rings. The molecule has 0 spiro atoms. The summed E-state index contributed by atoms with van der Waals surface area (Å²) < 4.78 is 27.7. The summed E-state index contributed by atoms with van der Waals surface area (Å²) in [6.07, 6.45) is 1.85. The molecule has 0 amide bonds. The van der Waals surface area contributed by atoms with Crippen molar-refractivity contribution >= 4 is 21.8 Å². The Kier molecular flexibility index (Phi) is 2.68. The maximum Gasteiger partial charge on any atom is 0.286 e. The molecule has 3 heteroatoms. The average molecular weight is 334 g/mol. The highest BCUT2D eigenvalue weighted by atomic mass is 16.3. The second-order valence-electron chi connectivity index (χ2n) is 6.80. The molecule has 25 heavy (non-hydrogen) atoms. The topological polar surface area (TPSA) is 29.0 Å². The third-order valence-corrected chi connectivity index (χ3v) is 4.99. The van der Waals surface area contributed by atoms with Crippen molar-refractivity contribution in [2.75, 3.05) is 0 Å². The van der Waals surface area contributed by atoms with E-state index in [0.717, 1.165) is 44.3 Å². The van der Waals surface area contributed by atoms with E-state index in [9.17, 15) is 5.11 Å². The number of pyridine rings is 1. The predicted molar refractivity (Wildman–Crippen MR) is 103 cm³/mol. The maximum absolute atomic E-state index is 10.4. The molecule has 0 radical (unpaired) electrons. The van der Waals surface area contributed by atoms with Crippen LogP contribution in [0.4, 0.5) is 0 Å². The zero-order valence-electron chi connectivity index (χ0n) is 17.9. The van der Waals surface area contributed by atoms with Gasteiger partial charge in [0.25, 0.3) is 5.82 Å². The average Bonchev–Trinajstić information content (AvgIpc) is 2.91. The Hall–Kier alpha value is -2.81. The van der Waals surface area contributed by atoms with Gasteiger partial charge in [-0.3, -0.25) is 0 Å². The van der Waals surface area contributed by atoms with Crippen LogP contribution in [0.3, 0.4) is 0 Å². The molecule has 0 fully saturated rings. The van der Waals surface area contributed by atoms with Crippen molar-refractivity contribution in [3.05, 3.63) is 64.8 Å². The lowest BCUT2D eigenvalue weighted by Crippen LogP contribution is -2.34. The Morgan fingerprint density at radius 3 is 2.56 bits per heavy atom. The van der Waals surface area contributed by atoms with Crippen LogP contribution in [0.15, 0.2) is 42.6 Å². The van der Waals surface area contributed by atoms with Crippen molar-refractivity contribution in [2.45, 2.75) is 27.6 Å². The number of hydrogen-bond donors (Lipinski definition) is 1. The van der Waals surface area contributed by atoms with Gasteiger partial charge in [0.2, 0.25) is 0 Å². The molecule has 3 nitrogen and oxygen atoms in total. The molecular formula is C22H23N2O+. The van der Waals surface area contributed by atoms with E-state index < -0.39 is 6.85 Å². The zero-order valence-corrected chi connectivity index (χ0v) is 14.9. The Morgan fingerprint density at radius 2 is 1.80 bits per heavy atom. The van der Waals surface area contributed by atoms with Crippen LogP contribution in [0.2, 0.25) is 0 Å². The smallest absolute Gasteiger partial charge is 0.286 e. The first-order valence-corrected chi connectivity index (χ1v) is 8.34. The predicted octanol–water partition coefficient (Wildman–Crippen LogP) is 4.55. The molecule has 126 valence electrons. The van der Waals surface area contributed by atoms with E-state index in [1.54, 1.807) is 12.1 Å². The summed E-state index contributed by atoms with van der Waals surface area (Å²) >= 11 is 0. The van der Waals surface area contributed by atoms with Gasteiger partial charge in [0.05, 0.1) is 13.2 Å². The lowest BCUT2D eigenvalue weighted by atomic mass is 10.1. The number of phenols is 1. The first-order valence-electron chi connectivity index (χ1n) is 9.84. The summed E-state index contributed by atoms with van der Waals surface area (Å²) in [6.45, 7) is 3.56. The van der Waals surface area contributed by atoms with Crippen LogP contribution in [0.25, 0.3) is 27.6 Å². The van der Waals surface area contributed by atoms with Crippen LogP contribution in [0.1, 0.15) is 26.4 Å². The molecule has 1 N–H and O–H groups in total. The monoisotopic (exact) mass is 334 g/mol. The largest absolute Gasteiger partial charge is 0.508 e. The molecule has 0 atom stereocenters. The van der Waals surface area contributed by atoms with Crippen molar-refractivity contribution < 1.29 is 13.8 Å². The number of aromatic nitrogens is 2. The number of rotatable bonds is 1. The molecule has 0 unspecified atom stereocenters. The van der Waals surface area contributed by atoms with Gasteiger partial charge in [-0.2, -0.15) is 4.57 Å². The summed E-state index contributed by atoms with van der Waals surface area (Å²) in [5.41, 5.74) is 4.83. The lowest BCUT2D eigenvalue weighted by molar-refractivity contribution is -0.665. The van der Waals surface area contributed by atoms with Gasteiger partial charge >= 0.3 is 0 Å². The summed E-state index contributed by atoms with van der Waals surface area (Å²) in [4.78, 5) is 0. The van der Waals surface area contributed by atoms with E-state index in [1.807, 2.05) is 48.4 Å². The fourth-order valence-electron chi connectivity index (χ4n) is 3.61. The van der Waals surface area contributed by atoms with Crippen LogP contribution in [0.5, 0.6) is 5.75 Å². The van der Waals surface area contributed by atoms with Crippen molar-refractivity contribution in [2.24, 2.45) is 7.05 Å². The van der Waals surface area contributed by atoms with Gasteiger partial charge in [-0.25, -0.2) is 4.57 Å². The fraction of sp³-hybridized carbons (Fsp3) is 0.227. The van der Waals surface area contributed by atoms with Crippen LogP contribution in [0, 0.1) is 27.6 Å². The fourth-order valence-corrected chi connectivity index (χ4v) is 3.61. The Balaban J connectivity index is 2.22. The van der Waals surface area contributed by atoms with Crippen LogP contribution in [-0.2, 0) is 7.05 Å². The van der Waals surface area contributed by atoms with Crippen molar-refractivity contribution in [3.63, 3.8) is 0 Å². The molecule has 0 bridgehead atoms. The number of aryl methyl sites for hydroxylation is 5. The Labute approximate surface area is 152 Å². The molecule has 0 aliphatic heterocycles. The van der Waals surface area contributed by atoms with Gasteiger partial charge in [-0.05, 0) is 63.0 Å². The quantitative estimate of drug-likeness (QED) is 0.508. The highest BCUT2D eigenvalue weighted by Crippen LogP contribution is 2.36. The second-order valence-corrected chi connectivity index (χ2v) is 6.80. The molecule has 4 aromatic rings. The minimum Gasteiger partial charge on any atom is -0.508 e. The molecule has 2 heterocycles. The summed E-state index contributed by atoms with van der Waals surface area (Å²) in [5.74, 6) is 0.966. The molecule has 2 aromatic heterocycles. The number of phenolic OH excluding ortho intramolecular Hbond substituents is 1. The second kappa shape index (κ2) is 5.35. The van der Waals surface area contributed by atoms with E-state index in [2.05, 4.69) is 19.1 Å². The first kappa shape index (κ1) is 12.5. The first-order chi connectivity index (χ1) is 13.1. The number of nitrogens with zero attached hydrogens (tertiary/aromatic N) is 2.